The Kier molecular flexibility index (Phi) is 32.3. The molecule has 236 valence electrons. The first-order valence-corrected chi connectivity index (χ1v) is 17.5. The summed E-state index contributed by atoms with van der Waals surface area (Å²) in [7, 11) is -0.669. The van der Waals surface area contributed by atoms with E-state index in [4.69, 9.17) is 9.05 Å². The molecule has 0 spiro atoms. The minimum atomic E-state index is -4.37. The van der Waals surface area contributed by atoms with Gasteiger partial charge >= 0.3 is 29.6 Å². The third kappa shape index (κ3) is 30.4. The number of aliphatic hydroxyl groups excluding tert-OH is 2. The second-order valence-corrected chi connectivity index (χ2v) is 12.9. The Morgan fingerprint density at radius 2 is 0.925 bits per heavy atom. The Morgan fingerprint density at radius 3 is 1.25 bits per heavy atom. The molecule has 0 saturated heterocycles. The second kappa shape index (κ2) is 30.0. The van der Waals surface area contributed by atoms with Crippen LogP contribution in [0.2, 0.25) is 0 Å². The molecule has 0 fully saturated rings. The molecule has 0 aliphatic heterocycles. The van der Waals surface area contributed by atoms with Crippen LogP contribution < -0.4 is 34.5 Å². The zero-order chi connectivity index (χ0) is 29.2. The van der Waals surface area contributed by atoms with Crippen molar-refractivity contribution in [1.82, 2.24) is 9.80 Å². The molecule has 0 bridgehead atoms. The Balaban J connectivity index is 0. The van der Waals surface area contributed by atoms with E-state index >= 15 is 0 Å². The number of likely N-dealkylation sites (N-methyl/N-ethyl adjacent to an activating group) is 2. The van der Waals surface area contributed by atoms with Crippen LogP contribution in [0.4, 0.5) is 0 Å². The Morgan fingerprint density at radius 1 is 0.625 bits per heavy atom. The van der Waals surface area contributed by atoms with Crippen molar-refractivity contribution >= 4 is 7.82 Å². The van der Waals surface area contributed by atoms with E-state index in [1.807, 2.05) is 23.9 Å². The number of rotatable bonds is 30. The number of nitrogens with zero attached hydrogens (tertiary/aromatic N) is 2. The molecule has 0 heterocycles. The van der Waals surface area contributed by atoms with Gasteiger partial charge < -0.3 is 34.0 Å². The molecule has 2 atom stereocenters. The van der Waals surface area contributed by atoms with Gasteiger partial charge in [-0.1, -0.05) is 117 Å². The molecular weight excluding hydrogens is 538 g/mol. The molecule has 40 heavy (non-hydrogen) atoms. The van der Waals surface area contributed by atoms with Crippen molar-refractivity contribution in [3.05, 3.63) is 0 Å². The number of hydrogen-bond donors (Lipinski definition) is 2. The van der Waals surface area contributed by atoms with Crippen LogP contribution in [0.3, 0.4) is 0 Å². The van der Waals surface area contributed by atoms with Gasteiger partial charge in [-0.3, -0.25) is 4.57 Å². The standard InChI is InChI=1S/C30H65N2O6P.Na/c1-5-7-9-11-13-15-17-19-21-29(33)27-31(3)23-25-37-39(35,36)38-26-24-32(4)28-30(34)22-20-18-16-14-12-10-8-6-2;/h29-30,33-34H,5-28H2,1-4H3,(H,35,36);/q;+1/p-1. The van der Waals surface area contributed by atoms with Crippen LogP contribution in [0, 0.1) is 0 Å². The van der Waals surface area contributed by atoms with Crippen LogP contribution >= 0.6 is 7.82 Å². The molecule has 0 aliphatic rings. The fourth-order valence-electron chi connectivity index (χ4n) is 4.77. The molecule has 10 heteroatoms. The zero-order valence-electron chi connectivity index (χ0n) is 27.0. The summed E-state index contributed by atoms with van der Waals surface area (Å²) in [5.41, 5.74) is 0. The summed E-state index contributed by atoms with van der Waals surface area (Å²) in [6.07, 6.45) is 20.6. The molecule has 0 radical (unpaired) electrons. The largest absolute Gasteiger partial charge is 1.00 e. The van der Waals surface area contributed by atoms with Crippen LogP contribution in [-0.2, 0) is 13.6 Å². The van der Waals surface area contributed by atoms with E-state index in [9.17, 15) is 19.7 Å². The third-order valence-electron chi connectivity index (χ3n) is 7.27. The SMILES string of the molecule is CCCCCCCCCCC(O)CN(C)CCOP(=O)([O-])OCCN(C)CC(O)CCCCCCCCCC.[Na+]. The van der Waals surface area contributed by atoms with Crippen molar-refractivity contribution in [2.75, 3.05) is 53.5 Å². The normalized spacial score (nSPS) is 14.8. The van der Waals surface area contributed by atoms with Gasteiger partial charge in [-0.2, -0.15) is 0 Å². The molecule has 0 aliphatic carbocycles. The van der Waals surface area contributed by atoms with Crippen molar-refractivity contribution in [3.8, 4) is 0 Å². The van der Waals surface area contributed by atoms with Gasteiger partial charge in [0, 0.05) is 26.2 Å². The minimum absolute atomic E-state index is 0. The van der Waals surface area contributed by atoms with Crippen molar-refractivity contribution in [1.29, 1.82) is 0 Å². The smallest absolute Gasteiger partial charge is 0.756 e. The van der Waals surface area contributed by atoms with Gasteiger partial charge in [0.1, 0.15) is 0 Å². The maximum absolute atomic E-state index is 12.1. The summed E-state index contributed by atoms with van der Waals surface area (Å²) in [6.45, 7) is 6.23. The van der Waals surface area contributed by atoms with Gasteiger partial charge in [0.25, 0.3) is 7.82 Å². The average Bonchev–Trinajstić information content (AvgIpc) is 2.86. The van der Waals surface area contributed by atoms with Gasteiger partial charge in [-0.05, 0) is 26.9 Å². The van der Waals surface area contributed by atoms with E-state index < -0.39 is 20.0 Å². The number of hydrogen-bond acceptors (Lipinski definition) is 8. The summed E-state index contributed by atoms with van der Waals surface area (Å²) in [4.78, 5) is 15.8. The number of phosphoric ester groups is 1. The predicted octanol–water partition coefficient (Wildman–Crippen LogP) is 3.14. The molecule has 2 N–H and O–H groups in total. The Labute approximate surface area is 269 Å². The van der Waals surface area contributed by atoms with E-state index in [2.05, 4.69) is 13.8 Å². The predicted molar refractivity (Wildman–Crippen MR) is 161 cm³/mol. The van der Waals surface area contributed by atoms with Gasteiger partial charge in [-0.15, -0.1) is 0 Å². The second-order valence-electron chi connectivity index (χ2n) is 11.5. The van der Waals surface area contributed by atoms with E-state index in [0.29, 0.717) is 26.2 Å². The molecular formula is C30H64N2NaO6P. The first-order chi connectivity index (χ1) is 18.7. The molecule has 0 amide bonds. The number of phosphoric acid groups is 1. The number of unbranched alkanes of at least 4 members (excludes halogenated alkanes) is 14. The van der Waals surface area contributed by atoms with E-state index in [-0.39, 0.29) is 42.8 Å². The molecule has 0 aromatic carbocycles. The first kappa shape index (κ1) is 43.1. The van der Waals surface area contributed by atoms with Gasteiger partial charge in [0.2, 0.25) is 0 Å². The van der Waals surface area contributed by atoms with Gasteiger partial charge in [-0.25, -0.2) is 0 Å². The van der Waals surface area contributed by atoms with Crippen LogP contribution in [0.1, 0.15) is 129 Å². The molecule has 0 aromatic rings. The van der Waals surface area contributed by atoms with E-state index in [1.54, 1.807) is 0 Å². The minimum Gasteiger partial charge on any atom is -0.756 e. The summed E-state index contributed by atoms with van der Waals surface area (Å²) < 4.78 is 22.0. The van der Waals surface area contributed by atoms with Crippen molar-refractivity contribution in [3.63, 3.8) is 0 Å². The Hall–Kier alpha value is 0.950. The van der Waals surface area contributed by atoms with Crippen LogP contribution in [0.25, 0.3) is 0 Å². The number of aliphatic hydroxyl groups is 2. The van der Waals surface area contributed by atoms with Gasteiger partial charge in [0.15, 0.2) is 0 Å². The van der Waals surface area contributed by atoms with Crippen LogP contribution in [-0.4, -0.2) is 85.7 Å². The molecule has 0 aromatic heterocycles. The monoisotopic (exact) mass is 602 g/mol. The quantitative estimate of drug-likeness (QED) is 0.0734. The fraction of sp³-hybridized carbons (Fsp3) is 1.00. The average molecular weight is 603 g/mol. The van der Waals surface area contributed by atoms with Crippen molar-refractivity contribution in [2.24, 2.45) is 0 Å². The first-order valence-electron chi connectivity index (χ1n) is 16.0. The summed E-state index contributed by atoms with van der Waals surface area (Å²) in [6, 6.07) is 0. The Bertz CT molecular complexity index is 534. The van der Waals surface area contributed by atoms with Crippen LogP contribution in [0.15, 0.2) is 0 Å². The topological polar surface area (TPSA) is 106 Å². The zero-order valence-corrected chi connectivity index (χ0v) is 29.9. The van der Waals surface area contributed by atoms with Crippen molar-refractivity contribution in [2.45, 2.75) is 142 Å². The third-order valence-corrected chi connectivity index (χ3v) is 8.27. The van der Waals surface area contributed by atoms with Crippen molar-refractivity contribution < 1.29 is 58.3 Å². The summed E-state index contributed by atoms with van der Waals surface area (Å²) in [5.74, 6) is 0. The van der Waals surface area contributed by atoms with E-state index in [1.165, 1.54) is 77.0 Å². The van der Waals surface area contributed by atoms with Crippen LogP contribution in [0.5, 0.6) is 0 Å². The van der Waals surface area contributed by atoms with Gasteiger partial charge in [0.05, 0.1) is 25.4 Å². The molecule has 0 saturated carbocycles. The molecule has 2 unspecified atom stereocenters. The molecule has 0 rings (SSSR count). The summed E-state index contributed by atoms with van der Waals surface area (Å²) >= 11 is 0. The maximum Gasteiger partial charge on any atom is 1.00 e. The van der Waals surface area contributed by atoms with E-state index in [0.717, 1.165) is 38.5 Å². The molecule has 8 nitrogen and oxygen atoms in total. The maximum atomic E-state index is 12.1. The summed E-state index contributed by atoms with van der Waals surface area (Å²) in [5, 5.41) is 20.5. The fourth-order valence-corrected chi connectivity index (χ4v) is 5.45.